The molecular formula is C15H11N3O3. The molecule has 0 spiro atoms. The zero-order chi connectivity index (χ0) is 14.8. The Hall–Kier alpha value is -3.15. The first-order chi connectivity index (χ1) is 10.1. The van der Waals surface area contributed by atoms with Gasteiger partial charge in [-0.2, -0.15) is 0 Å². The van der Waals surface area contributed by atoms with Gasteiger partial charge in [0, 0.05) is 17.0 Å². The SMILES string of the molecule is O=C(Nc1ccccc1[N+](=O)[O-])c1cc2ccccc2[nH]1. The Morgan fingerprint density at radius 3 is 2.57 bits per heavy atom. The van der Waals surface area contributed by atoms with Crippen molar-refractivity contribution in [2.24, 2.45) is 0 Å². The van der Waals surface area contributed by atoms with E-state index in [1.54, 1.807) is 18.2 Å². The predicted octanol–water partition coefficient (Wildman–Crippen LogP) is 3.33. The quantitative estimate of drug-likeness (QED) is 0.570. The van der Waals surface area contributed by atoms with E-state index < -0.39 is 10.8 Å². The Labute approximate surface area is 119 Å². The number of anilines is 1. The lowest BCUT2D eigenvalue weighted by atomic mass is 10.2. The van der Waals surface area contributed by atoms with Gasteiger partial charge in [-0.15, -0.1) is 0 Å². The summed E-state index contributed by atoms with van der Waals surface area (Å²) in [6.07, 6.45) is 0. The van der Waals surface area contributed by atoms with Crippen molar-refractivity contribution >= 4 is 28.2 Å². The van der Waals surface area contributed by atoms with E-state index in [1.165, 1.54) is 12.1 Å². The van der Waals surface area contributed by atoms with E-state index in [1.807, 2.05) is 24.3 Å². The van der Waals surface area contributed by atoms with Crippen molar-refractivity contribution in [2.45, 2.75) is 0 Å². The zero-order valence-corrected chi connectivity index (χ0v) is 10.9. The first kappa shape index (κ1) is 12.9. The van der Waals surface area contributed by atoms with Crippen LogP contribution in [-0.4, -0.2) is 15.8 Å². The van der Waals surface area contributed by atoms with Crippen molar-refractivity contribution < 1.29 is 9.72 Å². The fourth-order valence-electron chi connectivity index (χ4n) is 2.12. The van der Waals surface area contributed by atoms with Crippen LogP contribution in [0.4, 0.5) is 11.4 Å². The fraction of sp³-hybridized carbons (Fsp3) is 0. The van der Waals surface area contributed by atoms with E-state index in [0.717, 1.165) is 10.9 Å². The molecule has 0 aliphatic heterocycles. The molecule has 1 heterocycles. The van der Waals surface area contributed by atoms with Crippen LogP contribution < -0.4 is 5.32 Å². The summed E-state index contributed by atoms with van der Waals surface area (Å²) in [6.45, 7) is 0. The van der Waals surface area contributed by atoms with Crippen LogP contribution in [0.2, 0.25) is 0 Å². The smallest absolute Gasteiger partial charge is 0.292 e. The lowest BCUT2D eigenvalue weighted by Gasteiger charge is -2.04. The number of nitrogens with zero attached hydrogens (tertiary/aromatic N) is 1. The van der Waals surface area contributed by atoms with Crippen LogP contribution in [0.3, 0.4) is 0 Å². The van der Waals surface area contributed by atoms with Crippen LogP contribution >= 0.6 is 0 Å². The largest absolute Gasteiger partial charge is 0.351 e. The minimum atomic E-state index is -0.527. The molecule has 0 aliphatic carbocycles. The Kier molecular flexibility index (Phi) is 3.12. The molecule has 0 saturated heterocycles. The third-order valence-electron chi connectivity index (χ3n) is 3.12. The minimum Gasteiger partial charge on any atom is -0.351 e. The molecule has 2 aromatic carbocycles. The number of H-pyrrole nitrogens is 1. The molecule has 6 heteroatoms. The van der Waals surface area contributed by atoms with Gasteiger partial charge in [-0.1, -0.05) is 30.3 Å². The van der Waals surface area contributed by atoms with Crippen LogP contribution in [0, 0.1) is 10.1 Å². The molecule has 0 unspecified atom stereocenters. The molecule has 0 radical (unpaired) electrons. The Balaban J connectivity index is 1.91. The summed E-state index contributed by atoms with van der Waals surface area (Å²) in [5.41, 5.74) is 1.23. The van der Waals surface area contributed by atoms with E-state index in [-0.39, 0.29) is 11.4 Å². The van der Waals surface area contributed by atoms with Crippen molar-refractivity contribution in [3.05, 3.63) is 70.4 Å². The van der Waals surface area contributed by atoms with Gasteiger partial charge in [0.2, 0.25) is 0 Å². The van der Waals surface area contributed by atoms with Gasteiger partial charge in [0.05, 0.1) is 4.92 Å². The molecule has 0 atom stereocenters. The van der Waals surface area contributed by atoms with E-state index in [9.17, 15) is 14.9 Å². The van der Waals surface area contributed by atoms with E-state index in [2.05, 4.69) is 10.3 Å². The molecule has 2 N–H and O–H groups in total. The third kappa shape index (κ3) is 2.46. The van der Waals surface area contributed by atoms with Crippen LogP contribution in [-0.2, 0) is 0 Å². The summed E-state index contributed by atoms with van der Waals surface area (Å²) in [4.78, 5) is 25.6. The number of amides is 1. The van der Waals surface area contributed by atoms with Crippen LogP contribution in [0.25, 0.3) is 10.9 Å². The third-order valence-corrected chi connectivity index (χ3v) is 3.12. The molecule has 0 saturated carbocycles. The molecule has 3 aromatic rings. The van der Waals surface area contributed by atoms with Crippen LogP contribution in [0.1, 0.15) is 10.5 Å². The normalized spacial score (nSPS) is 10.5. The fourth-order valence-corrected chi connectivity index (χ4v) is 2.12. The maximum Gasteiger partial charge on any atom is 0.292 e. The van der Waals surface area contributed by atoms with Gasteiger partial charge in [-0.3, -0.25) is 14.9 Å². The van der Waals surface area contributed by atoms with Crippen molar-refractivity contribution in [1.82, 2.24) is 4.98 Å². The van der Waals surface area contributed by atoms with Gasteiger partial charge in [-0.05, 0) is 18.2 Å². The number of carbonyl (C=O) groups excluding carboxylic acids is 1. The molecular weight excluding hydrogens is 270 g/mol. The van der Waals surface area contributed by atoms with Crippen molar-refractivity contribution in [3.63, 3.8) is 0 Å². The number of hydrogen-bond acceptors (Lipinski definition) is 3. The predicted molar refractivity (Wildman–Crippen MR) is 79.3 cm³/mol. The number of rotatable bonds is 3. The number of fused-ring (bicyclic) bond motifs is 1. The zero-order valence-electron chi connectivity index (χ0n) is 10.9. The topological polar surface area (TPSA) is 88.0 Å². The number of aromatic nitrogens is 1. The van der Waals surface area contributed by atoms with Crippen molar-refractivity contribution in [1.29, 1.82) is 0 Å². The summed E-state index contributed by atoms with van der Waals surface area (Å²) in [7, 11) is 0. The van der Waals surface area contributed by atoms with Gasteiger partial charge >= 0.3 is 0 Å². The monoisotopic (exact) mass is 281 g/mol. The number of hydrogen-bond donors (Lipinski definition) is 2. The summed E-state index contributed by atoms with van der Waals surface area (Å²) in [5.74, 6) is -0.416. The molecule has 0 aliphatic rings. The molecule has 1 amide bonds. The first-order valence-electron chi connectivity index (χ1n) is 6.27. The summed E-state index contributed by atoms with van der Waals surface area (Å²) in [5, 5.41) is 14.4. The maximum absolute atomic E-state index is 12.2. The van der Waals surface area contributed by atoms with Gasteiger partial charge in [0.15, 0.2) is 0 Å². The second kappa shape index (κ2) is 5.09. The molecule has 104 valence electrons. The minimum absolute atomic E-state index is 0.137. The van der Waals surface area contributed by atoms with Crippen LogP contribution in [0.15, 0.2) is 54.6 Å². The molecule has 6 nitrogen and oxygen atoms in total. The highest BCUT2D eigenvalue weighted by Gasteiger charge is 2.16. The summed E-state index contributed by atoms with van der Waals surface area (Å²) < 4.78 is 0. The van der Waals surface area contributed by atoms with Gasteiger partial charge in [-0.25, -0.2) is 0 Å². The molecule has 3 rings (SSSR count). The molecule has 0 bridgehead atoms. The van der Waals surface area contributed by atoms with Gasteiger partial charge in [0.1, 0.15) is 11.4 Å². The van der Waals surface area contributed by atoms with E-state index in [0.29, 0.717) is 5.69 Å². The number of carbonyl (C=O) groups is 1. The number of nitrogens with one attached hydrogen (secondary N) is 2. The molecule has 0 fully saturated rings. The average Bonchev–Trinajstić information content (AvgIpc) is 2.91. The summed E-state index contributed by atoms with van der Waals surface area (Å²) in [6, 6.07) is 15.2. The van der Waals surface area contributed by atoms with E-state index in [4.69, 9.17) is 0 Å². The second-order valence-electron chi connectivity index (χ2n) is 4.50. The lowest BCUT2D eigenvalue weighted by molar-refractivity contribution is -0.383. The average molecular weight is 281 g/mol. The number of nitro benzene ring substituents is 1. The highest BCUT2D eigenvalue weighted by Crippen LogP contribution is 2.24. The number of para-hydroxylation sites is 3. The molecule has 21 heavy (non-hydrogen) atoms. The number of benzene rings is 2. The van der Waals surface area contributed by atoms with Crippen molar-refractivity contribution in [2.75, 3.05) is 5.32 Å². The van der Waals surface area contributed by atoms with Crippen LogP contribution in [0.5, 0.6) is 0 Å². The first-order valence-corrected chi connectivity index (χ1v) is 6.27. The number of nitro groups is 1. The summed E-state index contributed by atoms with van der Waals surface area (Å²) >= 11 is 0. The second-order valence-corrected chi connectivity index (χ2v) is 4.50. The van der Waals surface area contributed by atoms with Gasteiger partial charge in [0.25, 0.3) is 11.6 Å². The Morgan fingerprint density at radius 2 is 1.81 bits per heavy atom. The standard InChI is InChI=1S/C15H11N3O3/c19-15(13-9-10-5-1-2-6-11(10)16-13)17-12-7-3-4-8-14(12)18(20)21/h1-9,16H,(H,17,19). The number of aromatic amines is 1. The Bertz CT molecular complexity index is 806. The van der Waals surface area contributed by atoms with E-state index >= 15 is 0 Å². The Morgan fingerprint density at radius 1 is 1.10 bits per heavy atom. The highest BCUT2D eigenvalue weighted by molar-refractivity contribution is 6.06. The lowest BCUT2D eigenvalue weighted by Crippen LogP contribution is -2.13. The highest BCUT2D eigenvalue weighted by atomic mass is 16.6. The van der Waals surface area contributed by atoms with Gasteiger partial charge < -0.3 is 10.3 Å². The van der Waals surface area contributed by atoms with Crippen molar-refractivity contribution in [3.8, 4) is 0 Å². The maximum atomic E-state index is 12.2. The molecule has 1 aromatic heterocycles.